The number of aromatic nitrogens is 2. The zero-order chi connectivity index (χ0) is 14.6. The van der Waals surface area contributed by atoms with Crippen LogP contribution in [0.25, 0.3) is 0 Å². The van der Waals surface area contributed by atoms with Gasteiger partial charge in [-0.25, -0.2) is 9.97 Å². The second-order valence-electron chi connectivity index (χ2n) is 5.79. The third kappa shape index (κ3) is 3.83. The van der Waals surface area contributed by atoms with E-state index in [0.717, 1.165) is 55.7 Å². The minimum Gasteiger partial charge on any atom is -0.388 e. The van der Waals surface area contributed by atoms with Crippen molar-refractivity contribution in [3.63, 3.8) is 0 Å². The van der Waals surface area contributed by atoms with Gasteiger partial charge in [-0.3, -0.25) is 0 Å². The maximum absolute atomic E-state index is 10.5. The van der Waals surface area contributed by atoms with Gasteiger partial charge < -0.3 is 10.4 Å². The van der Waals surface area contributed by atoms with Crippen LogP contribution in [0.3, 0.4) is 0 Å². The summed E-state index contributed by atoms with van der Waals surface area (Å²) in [5.74, 6) is 1.52. The molecule has 1 heterocycles. The summed E-state index contributed by atoms with van der Waals surface area (Å²) in [7, 11) is 0. The number of rotatable bonds is 5. The summed E-state index contributed by atoms with van der Waals surface area (Å²) in [6.07, 6.45) is 6.95. The molecular formula is C15H24ClN3O. The quantitative estimate of drug-likeness (QED) is 0.817. The summed E-state index contributed by atoms with van der Waals surface area (Å²) in [4.78, 5) is 8.81. The molecule has 2 rings (SSSR count). The van der Waals surface area contributed by atoms with E-state index in [1.807, 2.05) is 6.92 Å². The van der Waals surface area contributed by atoms with Gasteiger partial charge in [0.15, 0.2) is 0 Å². The second-order valence-corrected chi connectivity index (χ2v) is 6.15. The van der Waals surface area contributed by atoms with E-state index >= 15 is 0 Å². The molecule has 1 aliphatic carbocycles. The van der Waals surface area contributed by atoms with Gasteiger partial charge in [-0.05, 0) is 26.2 Å². The first-order chi connectivity index (χ1) is 9.54. The van der Waals surface area contributed by atoms with E-state index in [1.165, 1.54) is 6.42 Å². The van der Waals surface area contributed by atoms with E-state index in [9.17, 15) is 5.11 Å². The van der Waals surface area contributed by atoms with Crippen LogP contribution in [0.1, 0.15) is 56.8 Å². The summed E-state index contributed by atoms with van der Waals surface area (Å²) >= 11 is 6.16. The monoisotopic (exact) mass is 297 g/mol. The molecule has 0 amide bonds. The summed E-state index contributed by atoms with van der Waals surface area (Å²) in [6, 6.07) is 0. The Hall–Kier alpha value is -0.870. The molecule has 0 aliphatic heterocycles. The van der Waals surface area contributed by atoms with Crippen molar-refractivity contribution < 1.29 is 5.11 Å². The number of aryl methyl sites for hydroxylation is 1. The molecule has 0 saturated heterocycles. The molecule has 1 aromatic heterocycles. The fourth-order valence-corrected chi connectivity index (χ4v) is 2.86. The Labute approximate surface area is 126 Å². The molecule has 5 heteroatoms. The van der Waals surface area contributed by atoms with Gasteiger partial charge in [0.2, 0.25) is 0 Å². The van der Waals surface area contributed by atoms with Gasteiger partial charge in [-0.1, -0.05) is 37.8 Å². The van der Waals surface area contributed by atoms with E-state index in [1.54, 1.807) is 0 Å². The van der Waals surface area contributed by atoms with Crippen LogP contribution in [0, 0.1) is 6.92 Å². The summed E-state index contributed by atoms with van der Waals surface area (Å²) < 4.78 is 0. The van der Waals surface area contributed by atoms with E-state index in [2.05, 4.69) is 22.2 Å². The molecule has 112 valence electrons. The van der Waals surface area contributed by atoms with Crippen molar-refractivity contribution in [1.29, 1.82) is 0 Å². The molecule has 0 bridgehead atoms. The molecule has 0 atom stereocenters. The van der Waals surface area contributed by atoms with Gasteiger partial charge in [-0.15, -0.1) is 0 Å². The van der Waals surface area contributed by atoms with Crippen molar-refractivity contribution in [2.75, 3.05) is 11.9 Å². The van der Waals surface area contributed by atoms with Crippen LogP contribution in [-0.2, 0) is 6.42 Å². The molecule has 1 aromatic rings. The average Bonchev–Trinajstić information content (AvgIpc) is 2.42. The number of halogens is 1. The topological polar surface area (TPSA) is 58.0 Å². The summed E-state index contributed by atoms with van der Waals surface area (Å²) in [5, 5.41) is 14.3. The van der Waals surface area contributed by atoms with Crippen molar-refractivity contribution in [2.45, 2.75) is 64.4 Å². The van der Waals surface area contributed by atoms with Gasteiger partial charge in [0, 0.05) is 18.5 Å². The van der Waals surface area contributed by atoms with Crippen LogP contribution in [0.2, 0.25) is 5.15 Å². The Morgan fingerprint density at radius 3 is 2.60 bits per heavy atom. The number of nitrogens with one attached hydrogen (secondary N) is 1. The molecule has 1 aliphatic rings. The standard InChI is InChI=1S/C15H24ClN3O/c1-3-7-12-18-13(16)11(2)14(19-12)17-10-15(20)8-5-4-6-9-15/h20H,3-10H2,1-2H3,(H,17,18,19). The lowest BCUT2D eigenvalue weighted by molar-refractivity contribution is 0.0166. The van der Waals surface area contributed by atoms with Crippen LogP contribution in [0.5, 0.6) is 0 Å². The zero-order valence-corrected chi connectivity index (χ0v) is 13.1. The molecule has 20 heavy (non-hydrogen) atoms. The number of hydrogen-bond donors (Lipinski definition) is 2. The molecule has 0 radical (unpaired) electrons. The van der Waals surface area contributed by atoms with Gasteiger partial charge in [0.05, 0.1) is 5.60 Å². The Morgan fingerprint density at radius 2 is 1.95 bits per heavy atom. The molecule has 1 fully saturated rings. The van der Waals surface area contributed by atoms with Crippen LogP contribution in [0.4, 0.5) is 5.82 Å². The zero-order valence-electron chi connectivity index (χ0n) is 12.4. The minimum absolute atomic E-state index is 0.501. The van der Waals surface area contributed by atoms with Crippen LogP contribution in [0.15, 0.2) is 0 Å². The highest BCUT2D eigenvalue weighted by molar-refractivity contribution is 6.30. The molecule has 0 unspecified atom stereocenters. The minimum atomic E-state index is -0.604. The van der Waals surface area contributed by atoms with E-state index < -0.39 is 5.60 Å². The Balaban J connectivity index is 2.08. The van der Waals surface area contributed by atoms with Gasteiger partial charge >= 0.3 is 0 Å². The molecule has 2 N–H and O–H groups in total. The first-order valence-corrected chi connectivity index (χ1v) is 7.91. The highest BCUT2D eigenvalue weighted by atomic mass is 35.5. The van der Waals surface area contributed by atoms with E-state index in [4.69, 9.17) is 11.6 Å². The molecular weight excluding hydrogens is 274 g/mol. The van der Waals surface area contributed by atoms with E-state index in [0.29, 0.717) is 11.7 Å². The highest BCUT2D eigenvalue weighted by Crippen LogP contribution is 2.29. The normalized spacial score (nSPS) is 18.0. The SMILES string of the molecule is CCCc1nc(Cl)c(C)c(NCC2(O)CCCCC2)n1. The second kappa shape index (κ2) is 6.72. The largest absolute Gasteiger partial charge is 0.388 e. The fraction of sp³-hybridized carbons (Fsp3) is 0.733. The van der Waals surface area contributed by atoms with Crippen molar-refractivity contribution in [1.82, 2.24) is 9.97 Å². The number of hydrogen-bond acceptors (Lipinski definition) is 4. The van der Waals surface area contributed by atoms with Crippen molar-refractivity contribution in [2.24, 2.45) is 0 Å². The Bertz CT molecular complexity index is 459. The first kappa shape index (κ1) is 15.5. The van der Waals surface area contributed by atoms with Crippen molar-refractivity contribution in [3.8, 4) is 0 Å². The smallest absolute Gasteiger partial charge is 0.137 e. The number of aliphatic hydroxyl groups is 1. The fourth-order valence-electron chi connectivity index (χ4n) is 2.68. The number of anilines is 1. The summed E-state index contributed by atoms with van der Waals surface area (Å²) in [6.45, 7) is 4.53. The molecule has 4 nitrogen and oxygen atoms in total. The van der Waals surface area contributed by atoms with Crippen LogP contribution < -0.4 is 5.32 Å². The van der Waals surface area contributed by atoms with Gasteiger partial charge in [0.25, 0.3) is 0 Å². The third-order valence-corrected chi connectivity index (χ3v) is 4.34. The number of nitrogens with zero attached hydrogens (tertiary/aromatic N) is 2. The van der Waals surface area contributed by atoms with Crippen LogP contribution >= 0.6 is 11.6 Å². The predicted octanol–water partition coefficient (Wildman–Crippen LogP) is 3.50. The molecule has 0 aromatic carbocycles. The maximum Gasteiger partial charge on any atom is 0.137 e. The predicted molar refractivity (Wildman–Crippen MR) is 82.3 cm³/mol. The lowest BCUT2D eigenvalue weighted by Crippen LogP contribution is -2.39. The maximum atomic E-state index is 10.5. The average molecular weight is 298 g/mol. The highest BCUT2D eigenvalue weighted by Gasteiger charge is 2.29. The lowest BCUT2D eigenvalue weighted by Gasteiger charge is -2.32. The van der Waals surface area contributed by atoms with Crippen molar-refractivity contribution in [3.05, 3.63) is 16.5 Å². The van der Waals surface area contributed by atoms with Crippen molar-refractivity contribution >= 4 is 17.4 Å². The Kier molecular flexibility index (Phi) is 5.22. The van der Waals surface area contributed by atoms with E-state index in [-0.39, 0.29) is 0 Å². The van der Waals surface area contributed by atoms with Gasteiger partial charge in [0.1, 0.15) is 16.8 Å². The van der Waals surface area contributed by atoms with Crippen LogP contribution in [-0.4, -0.2) is 27.2 Å². The molecule has 1 saturated carbocycles. The lowest BCUT2D eigenvalue weighted by atomic mass is 9.85. The first-order valence-electron chi connectivity index (χ1n) is 7.53. The third-order valence-electron chi connectivity index (χ3n) is 3.98. The summed E-state index contributed by atoms with van der Waals surface area (Å²) in [5.41, 5.74) is 0.249. The van der Waals surface area contributed by atoms with Gasteiger partial charge in [-0.2, -0.15) is 0 Å². The Morgan fingerprint density at radius 1 is 1.25 bits per heavy atom. The molecule has 0 spiro atoms.